The van der Waals surface area contributed by atoms with E-state index in [1.165, 1.54) is 11.0 Å². The fraction of sp³-hybridized carbons (Fsp3) is 0.353. The molecule has 0 saturated carbocycles. The number of rotatable bonds is 2. The lowest BCUT2D eigenvalue weighted by molar-refractivity contribution is -0.130. The van der Waals surface area contributed by atoms with E-state index < -0.39 is 11.9 Å². The molecule has 3 rings (SSSR count). The number of benzene rings is 1. The third-order valence-corrected chi connectivity index (χ3v) is 4.38. The number of amides is 1. The van der Waals surface area contributed by atoms with E-state index in [4.69, 9.17) is 0 Å². The van der Waals surface area contributed by atoms with Gasteiger partial charge in [-0.1, -0.05) is 6.07 Å². The van der Waals surface area contributed by atoms with Crippen LogP contribution in [0, 0.1) is 17.1 Å². The van der Waals surface area contributed by atoms with Crippen LogP contribution in [0.2, 0.25) is 0 Å². The number of hydrogen-bond acceptors (Lipinski definition) is 4. The average molecular weight is 327 g/mol. The summed E-state index contributed by atoms with van der Waals surface area (Å²) in [5, 5.41) is 13.6. The molecule has 0 radical (unpaired) electrons. The molecule has 0 fully saturated rings. The molecule has 6 nitrogen and oxygen atoms in total. The number of aromatic nitrogens is 2. The zero-order valence-corrected chi connectivity index (χ0v) is 13.8. The van der Waals surface area contributed by atoms with Crippen LogP contribution in [0.1, 0.15) is 22.9 Å². The molecular formula is C17H18FN5O. The molecule has 1 aromatic heterocycles. The summed E-state index contributed by atoms with van der Waals surface area (Å²) in [6.07, 6.45) is 2.35. The van der Waals surface area contributed by atoms with Gasteiger partial charge in [-0.05, 0) is 12.1 Å². The molecule has 2 heterocycles. The molecule has 0 aliphatic carbocycles. The molecule has 0 bridgehead atoms. The smallest absolute Gasteiger partial charge is 0.249 e. The van der Waals surface area contributed by atoms with Crippen molar-refractivity contribution in [2.75, 3.05) is 25.5 Å². The second-order valence-electron chi connectivity index (χ2n) is 5.99. The van der Waals surface area contributed by atoms with Gasteiger partial charge in [0.05, 0.1) is 11.9 Å². The van der Waals surface area contributed by atoms with Gasteiger partial charge in [-0.15, -0.1) is 0 Å². The van der Waals surface area contributed by atoms with Gasteiger partial charge in [0.1, 0.15) is 23.5 Å². The molecule has 1 amide bonds. The van der Waals surface area contributed by atoms with Gasteiger partial charge >= 0.3 is 0 Å². The Morgan fingerprint density at radius 1 is 1.46 bits per heavy atom. The highest BCUT2D eigenvalue weighted by atomic mass is 19.1. The first-order valence-electron chi connectivity index (χ1n) is 7.63. The van der Waals surface area contributed by atoms with E-state index in [1.807, 2.05) is 13.1 Å². The summed E-state index contributed by atoms with van der Waals surface area (Å²) in [7, 11) is 5.21. The third kappa shape index (κ3) is 2.40. The topological polar surface area (TPSA) is 65.2 Å². The first-order valence-corrected chi connectivity index (χ1v) is 7.63. The first-order chi connectivity index (χ1) is 11.5. The van der Waals surface area contributed by atoms with Gasteiger partial charge < -0.3 is 9.80 Å². The molecule has 1 aromatic carbocycles. The highest BCUT2D eigenvalue weighted by molar-refractivity contribution is 5.87. The number of carbonyl (C=O) groups excluding carboxylic acids is 1. The average Bonchev–Trinajstić information content (AvgIpc) is 2.94. The second kappa shape index (κ2) is 5.96. The van der Waals surface area contributed by atoms with Gasteiger partial charge in [-0.3, -0.25) is 9.48 Å². The fourth-order valence-corrected chi connectivity index (χ4v) is 3.17. The van der Waals surface area contributed by atoms with Crippen molar-refractivity contribution in [1.82, 2.24) is 14.7 Å². The maximum Gasteiger partial charge on any atom is 0.249 e. The van der Waals surface area contributed by atoms with Gasteiger partial charge in [0.25, 0.3) is 0 Å². The highest BCUT2D eigenvalue weighted by Gasteiger charge is 2.37. The monoisotopic (exact) mass is 327 g/mol. The molecule has 24 heavy (non-hydrogen) atoms. The van der Waals surface area contributed by atoms with Gasteiger partial charge in [0.2, 0.25) is 5.91 Å². The number of aryl methyl sites for hydroxylation is 1. The number of likely N-dealkylation sites (N-methyl/N-ethyl adjacent to an activating group) is 1. The van der Waals surface area contributed by atoms with E-state index in [-0.39, 0.29) is 11.5 Å². The number of nitrogens with zero attached hydrogens (tertiary/aromatic N) is 5. The lowest BCUT2D eigenvalue weighted by Gasteiger charge is -2.38. The number of nitriles is 1. The summed E-state index contributed by atoms with van der Waals surface area (Å²) >= 11 is 0. The predicted molar refractivity (Wildman–Crippen MR) is 86.8 cm³/mol. The van der Waals surface area contributed by atoms with Crippen molar-refractivity contribution >= 4 is 11.6 Å². The van der Waals surface area contributed by atoms with Gasteiger partial charge in [-0.2, -0.15) is 10.4 Å². The lowest BCUT2D eigenvalue weighted by atomic mass is 9.96. The van der Waals surface area contributed by atoms with Crippen molar-refractivity contribution in [3.8, 4) is 6.07 Å². The molecule has 0 saturated heterocycles. The second-order valence-corrected chi connectivity index (χ2v) is 5.99. The van der Waals surface area contributed by atoms with Crippen LogP contribution in [0.5, 0.6) is 0 Å². The lowest BCUT2D eigenvalue weighted by Crippen LogP contribution is -2.44. The van der Waals surface area contributed by atoms with E-state index in [0.29, 0.717) is 18.7 Å². The van der Waals surface area contributed by atoms with Crippen LogP contribution in [-0.4, -0.2) is 41.2 Å². The Morgan fingerprint density at radius 2 is 2.21 bits per heavy atom. The van der Waals surface area contributed by atoms with Crippen molar-refractivity contribution in [3.63, 3.8) is 0 Å². The number of fused-ring (bicyclic) bond motifs is 1. The normalized spacial score (nSPS) is 16.5. The Labute approximate surface area is 139 Å². The van der Waals surface area contributed by atoms with E-state index >= 15 is 0 Å². The first kappa shape index (κ1) is 16.0. The minimum atomic E-state index is -0.619. The number of hydrogen-bond donors (Lipinski definition) is 0. The minimum Gasteiger partial charge on any atom is -0.354 e. The standard InChI is InChI=1S/C17H18FN5O/c1-21(2)17(24)16-12-10-20-22(3)14(12)7-8-23(16)15-6-4-5-13(18)11(15)9-19/h4-6,10,16H,7-8H2,1-3H3. The van der Waals surface area contributed by atoms with E-state index in [2.05, 4.69) is 5.10 Å². The molecule has 7 heteroatoms. The van der Waals surface area contributed by atoms with Crippen LogP contribution in [0.3, 0.4) is 0 Å². The number of halogens is 1. The highest BCUT2D eigenvalue weighted by Crippen LogP contribution is 2.36. The summed E-state index contributed by atoms with van der Waals surface area (Å²) in [4.78, 5) is 16.1. The van der Waals surface area contributed by atoms with Crippen molar-refractivity contribution < 1.29 is 9.18 Å². The fourth-order valence-electron chi connectivity index (χ4n) is 3.17. The van der Waals surface area contributed by atoms with Gasteiger partial charge in [0.15, 0.2) is 0 Å². The summed E-state index contributed by atoms with van der Waals surface area (Å²) in [6, 6.07) is 5.79. The molecule has 1 aliphatic heterocycles. The molecule has 2 aromatic rings. The zero-order valence-electron chi connectivity index (χ0n) is 13.8. The van der Waals surface area contributed by atoms with Crippen LogP contribution < -0.4 is 4.90 Å². The molecule has 1 atom stereocenters. The minimum absolute atomic E-state index is 0.0404. The summed E-state index contributed by atoms with van der Waals surface area (Å²) in [6.45, 7) is 0.509. The largest absolute Gasteiger partial charge is 0.354 e. The molecular weight excluding hydrogens is 309 g/mol. The Bertz CT molecular complexity index is 836. The van der Waals surface area contributed by atoms with Crippen molar-refractivity contribution in [2.24, 2.45) is 7.05 Å². The molecule has 1 aliphatic rings. The maximum atomic E-state index is 14.0. The maximum absolute atomic E-state index is 14.0. The molecule has 0 N–H and O–H groups in total. The third-order valence-electron chi connectivity index (χ3n) is 4.38. The van der Waals surface area contributed by atoms with Crippen LogP contribution in [0.15, 0.2) is 24.4 Å². The van der Waals surface area contributed by atoms with Crippen molar-refractivity contribution in [1.29, 1.82) is 5.26 Å². The summed E-state index contributed by atoms with van der Waals surface area (Å²) < 4.78 is 15.8. The Morgan fingerprint density at radius 3 is 2.88 bits per heavy atom. The zero-order chi connectivity index (χ0) is 17.4. The molecule has 1 unspecified atom stereocenters. The summed E-state index contributed by atoms with van der Waals surface area (Å²) in [5.41, 5.74) is 2.19. The summed E-state index contributed by atoms with van der Waals surface area (Å²) in [5.74, 6) is -0.708. The predicted octanol–water partition coefficient (Wildman–Crippen LogP) is 1.62. The van der Waals surface area contributed by atoms with Crippen LogP contribution in [-0.2, 0) is 18.3 Å². The van der Waals surface area contributed by atoms with E-state index in [9.17, 15) is 14.4 Å². The van der Waals surface area contributed by atoms with E-state index in [1.54, 1.807) is 42.0 Å². The number of carbonyl (C=O) groups is 1. The number of anilines is 1. The molecule has 0 spiro atoms. The Hall–Kier alpha value is -2.88. The Kier molecular flexibility index (Phi) is 3.97. The molecule has 124 valence electrons. The van der Waals surface area contributed by atoms with Crippen LogP contribution in [0.25, 0.3) is 0 Å². The SMILES string of the molecule is CN(C)C(=O)C1c2cnn(C)c2CCN1c1cccc(F)c1C#N. The quantitative estimate of drug-likeness (QED) is 0.841. The van der Waals surface area contributed by atoms with Crippen molar-refractivity contribution in [2.45, 2.75) is 12.5 Å². The van der Waals surface area contributed by atoms with Gasteiger partial charge in [0, 0.05) is 45.4 Å². The van der Waals surface area contributed by atoms with Gasteiger partial charge in [-0.25, -0.2) is 4.39 Å². The van der Waals surface area contributed by atoms with E-state index in [0.717, 1.165) is 11.3 Å². The Balaban J connectivity index is 2.16. The van der Waals surface area contributed by atoms with Crippen molar-refractivity contribution in [3.05, 3.63) is 47.0 Å². The van der Waals surface area contributed by atoms with Crippen LogP contribution in [0.4, 0.5) is 10.1 Å². The van der Waals surface area contributed by atoms with Crippen LogP contribution >= 0.6 is 0 Å².